The number of rotatable bonds is 2. The maximum absolute atomic E-state index is 6.25. The van der Waals surface area contributed by atoms with Gasteiger partial charge in [0.1, 0.15) is 5.58 Å². The Morgan fingerprint density at radius 3 is 2.32 bits per heavy atom. The van der Waals surface area contributed by atoms with E-state index in [9.17, 15) is 0 Å². The number of aryl methyl sites for hydroxylation is 1. The Balaban J connectivity index is 0.000000172. The molecule has 4 heterocycles. The Morgan fingerprint density at radius 1 is 0.649 bits per heavy atom. The number of pyridine rings is 3. The molecular weight excluding hydrogens is 635 g/mol. The Kier molecular flexibility index (Phi) is 7.18. The first-order chi connectivity index (χ1) is 17.8. The van der Waals surface area contributed by atoms with Gasteiger partial charge in [-0.3, -0.25) is 4.98 Å². The summed E-state index contributed by atoms with van der Waals surface area (Å²) in [7, 11) is 0. The SMILES string of the molecule is Cc1ccc(-c2[c-]cccc2)nc1.[Ir].[c-]1ccc2c(oc3c4ccncc4ccc23)c1-c1ccccn1. The average Bonchev–Trinajstić information content (AvgIpc) is 3.34. The number of benzene rings is 3. The molecule has 0 unspecified atom stereocenters. The zero-order valence-corrected chi connectivity index (χ0v) is 22.4. The van der Waals surface area contributed by atoms with E-state index in [1.807, 2.05) is 86.0 Å². The van der Waals surface area contributed by atoms with Crippen molar-refractivity contribution in [3.8, 4) is 22.5 Å². The van der Waals surface area contributed by atoms with Crippen LogP contribution in [0.5, 0.6) is 0 Å². The second kappa shape index (κ2) is 10.8. The van der Waals surface area contributed by atoms with Crippen molar-refractivity contribution >= 4 is 32.7 Å². The van der Waals surface area contributed by atoms with Gasteiger partial charge in [-0.15, -0.1) is 54.1 Å². The molecule has 0 aliphatic heterocycles. The summed E-state index contributed by atoms with van der Waals surface area (Å²) in [6.45, 7) is 2.03. The standard InChI is InChI=1S/C20H11N2O.C12H10N.Ir/c1-2-10-22-18(6-1)17-5-3-4-15-16-8-7-13-12-21-11-9-14(13)19(16)23-20(15)17;1-10-7-8-12(13-9-10)11-5-3-2-4-6-11;/h1-4,6-12H;2-5,7-9H,1H3;/q2*-1;. The molecular formula is C32H21IrN3O-2. The van der Waals surface area contributed by atoms with E-state index >= 15 is 0 Å². The molecule has 0 aliphatic rings. The van der Waals surface area contributed by atoms with E-state index in [2.05, 4.69) is 45.3 Å². The fourth-order valence-electron chi connectivity index (χ4n) is 4.25. The molecule has 0 saturated carbocycles. The van der Waals surface area contributed by atoms with Gasteiger partial charge >= 0.3 is 0 Å². The third-order valence-corrected chi connectivity index (χ3v) is 6.03. The molecule has 0 atom stereocenters. The van der Waals surface area contributed by atoms with E-state index < -0.39 is 0 Å². The van der Waals surface area contributed by atoms with E-state index in [1.165, 1.54) is 5.56 Å². The molecule has 4 aromatic heterocycles. The van der Waals surface area contributed by atoms with Crippen molar-refractivity contribution in [1.29, 1.82) is 0 Å². The van der Waals surface area contributed by atoms with Crippen molar-refractivity contribution in [3.05, 3.63) is 127 Å². The molecule has 1 radical (unpaired) electrons. The van der Waals surface area contributed by atoms with Crippen LogP contribution in [0.4, 0.5) is 0 Å². The monoisotopic (exact) mass is 656 g/mol. The van der Waals surface area contributed by atoms with Crippen LogP contribution in [0.25, 0.3) is 55.2 Å². The van der Waals surface area contributed by atoms with E-state index in [-0.39, 0.29) is 20.1 Å². The average molecular weight is 656 g/mol. The van der Waals surface area contributed by atoms with Crippen molar-refractivity contribution in [3.63, 3.8) is 0 Å². The first-order valence-electron chi connectivity index (χ1n) is 11.7. The predicted molar refractivity (Wildman–Crippen MR) is 144 cm³/mol. The minimum Gasteiger partial charge on any atom is -0.500 e. The molecule has 4 nitrogen and oxygen atoms in total. The van der Waals surface area contributed by atoms with Crippen molar-refractivity contribution in [2.24, 2.45) is 0 Å². The van der Waals surface area contributed by atoms with Gasteiger partial charge in [0.15, 0.2) is 0 Å². The van der Waals surface area contributed by atoms with Gasteiger partial charge in [-0.1, -0.05) is 47.3 Å². The minimum absolute atomic E-state index is 0. The molecule has 181 valence electrons. The fraction of sp³-hybridized carbons (Fsp3) is 0.0312. The number of aromatic nitrogens is 3. The summed E-state index contributed by atoms with van der Waals surface area (Å²) in [5, 5.41) is 4.33. The van der Waals surface area contributed by atoms with E-state index in [1.54, 1.807) is 12.4 Å². The second-order valence-corrected chi connectivity index (χ2v) is 8.45. The number of nitrogens with zero attached hydrogens (tertiary/aromatic N) is 3. The Morgan fingerprint density at radius 2 is 1.54 bits per heavy atom. The first kappa shape index (κ1) is 24.5. The van der Waals surface area contributed by atoms with Crippen LogP contribution in [0.15, 0.2) is 114 Å². The maximum Gasteiger partial charge on any atom is 0.128 e. The molecule has 37 heavy (non-hydrogen) atoms. The van der Waals surface area contributed by atoms with Crippen LogP contribution in [0, 0.1) is 19.1 Å². The van der Waals surface area contributed by atoms with Crippen molar-refractivity contribution in [2.45, 2.75) is 6.92 Å². The summed E-state index contributed by atoms with van der Waals surface area (Å²) < 4.78 is 6.25. The quantitative estimate of drug-likeness (QED) is 0.178. The first-order valence-corrected chi connectivity index (χ1v) is 11.7. The van der Waals surface area contributed by atoms with Crippen LogP contribution in [0.3, 0.4) is 0 Å². The summed E-state index contributed by atoms with van der Waals surface area (Å²) >= 11 is 0. The topological polar surface area (TPSA) is 51.8 Å². The zero-order valence-electron chi connectivity index (χ0n) is 20.0. The molecule has 0 fully saturated rings. The van der Waals surface area contributed by atoms with E-state index in [4.69, 9.17) is 4.42 Å². The number of furan rings is 1. The van der Waals surface area contributed by atoms with Gasteiger partial charge in [0.05, 0.1) is 5.58 Å². The van der Waals surface area contributed by atoms with E-state index in [0.717, 1.165) is 55.2 Å². The largest absolute Gasteiger partial charge is 0.500 e. The van der Waals surface area contributed by atoms with Crippen LogP contribution in [-0.2, 0) is 20.1 Å². The molecule has 5 heteroatoms. The van der Waals surface area contributed by atoms with Gasteiger partial charge in [-0.25, -0.2) is 0 Å². The summed E-state index contributed by atoms with van der Waals surface area (Å²) in [6.07, 6.45) is 7.30. The fourth-order valence-corrected chi connectivity index (χ4v) is 4.25. The Bertz CT molecular complexity index is 1780. The van der Waals surface area contributed by atoms with Gasteiger partial charge in [-0.2, -0.15) is 0 Å². The molecule has 0 saturated heterocycles. The minimum atomic E-state index is 0. The Hall–Kier alpha value is -4.18. The third kappa shape index (κ3) is 4.92. The van der Waals surface area contributed by atoms with Crippen LogP contribution in [0.1, 0.15) is 5.56 Å². The summed E-state index contributed by atoms with van der Waals surface area (Å²) in [5.74, 6) is 0. The molecule has 0 spiro atoms. The third-order valence-electron chi connectivity index (χ3n) is 6.03. The summed E-state index contributed by atoms with van der Waals surface area (Å²) in [6, 6.07) is 34.3. The number of fused-ring (bicyclic) bond motifs is 5. The Labute approximate surface area is 228 Å². The van der Waals surface area contributed by atoms with Gasteiger partial charge in [0.2, 0.25) is 0 Å². The molecule has 7 rings (SSSR count). The second-order valence-electron chi connectivity index (χ2n) is 8.45. The molecule has 0 amide bonds. The van der Waals surface area contributed by atoms with Crippen LogP contribution in [-0.4, -0.2) is 15.0 Å². The van der Waals surface area contributed by atoms with Crippen LogP contribution >= 0.6 is 0 Å². The van der Waals surface area contributed by atoms with Gasteiger partial charge in [0.25, 0.3) is 0 Å². The van der Waals surface area contributed by atoms with Gasteiger partial charge < -0.3 is 14.4 Å². The van der Waals surface area contributed by atoms with Crippen molar-refractivity contribution < 1.29 is 24.5 Å². The van der Waals surface area contributed by atoms with E-state index in [0.29, 0.717) is 0 Å². The normalized spacial score (nSPS) is 10.6. The number of hydrogen-bond acceptors (Lipinski definition) is 4. The van der Waals surface area contributed by atoms with Crippen LogP contribution < -0.4 is 0 Å². The molecule has 0 N–H and O–H groups in total. The molecule has 0 aliphatic carbocycles. The van der Waals surface area contributed by atoms with Crippen molar-refractivity contribution in [2.75, 3.05) is 0 Å². The summed E-state index contributed by atoms with van der Waals surface area (Å²) in [4.78, 5) is 12.9. The zero-order chi connectivity index (χ0) is 24.3. The van der Waals surface area contributed by atoms with Crippen LogP contribution in [0.2, 0.25) is 0 Å². The number of hydrogen-bond donors (Lipinski definition) is 0. The summed E-state index contributed by atoms with van der Waals surface area (Å²) in [5.41, 5.74) is 6.67. The molecule has 3 aromatic carbocycles. The predicted octanol–water partition coefficient (Wildman–Crippen LogP) is 7.85. The molecule has 7 aromatic rings. The smallest absolute Gasteiger partial charge is 0.128 e. The van der Waals surface area contributed by atoms with Gasteiger partial charge in [-0.05, 0) is 36.0 Å². The van der Waals surface area contributed by atoms with Gasteiger partial charge in [0, 0.05) is 61.1 Å². The van der Waals surface area contributed by atoms with Crippen molar-refractivity contribution in [1.82, 2.24) is 15.0 Å². The molecule has 0 bridgehead atoms. The maximum atomic E-state index is 6.25.